The Balaban J connectivity index is 3.49. The smallest absolute Gasteiger partial charge is 0.305 e. The predicted molar refractivity (Wildman–Crippen MR) is 165 cm³/mol. The summed E-state index contributed by atoms with van der Waals surface area (Å²) >= 11 is 0. The first-order valence-electron chi connectivity index (χ1n) is 17.3. The summed E-state index contributed by atoms with van der Waals surface area (Å²) in [4.78, 5) is 12.3. The van der Waals surface area contributed by atoms with Crippen molar-refractivity contribution in [1.29, 1.82) is 0 Å². The van der Waals surface area contributed by atoms with Crippen LogP contribution in [0.25, 0.3) is 0 Å². The van der Waals surface area contributed by atoms with Gasteiger partial charge < -0.3 is 4.74 Å². The Labute approximate surface area is 234 Å². The van der Waals surface area contributed by atoms with Gasteiger partial charge in [0, 0.05) is 11.8 Å². The maximum atomic E-state index is 12.3. The van der Waals surface area contributed by atoms with Crippen molar-refractivity contribution in [1.82, 2.24) is 0 Å². The Hall–Kier alpha value is -0.530. The second-order valence-corrected chi connectivity index (χ2v) is 12.1. The lowest BCUT2D eigenvalue weighted by Gasteiger charge is -2.31. The van der Waals surface area contributed by atoms with Gasteiger partial charge in [-0.3, -0.25) is 4.79 Å². The number of unbranched alkanes of at least 4 members (excludes halogenated alkanes) is 22. The van der Waals surface area contributed by atoms with E-state index >= 15 is 0 Å². The molecule has 0 N–H and O–H groups in total. The van der Waals surface area contributed by atoms with E-state index in [9.17, 15) is 4.79 Å². The molecule has 0 bridgehead atoms. The van der Waals surface area contributed by atoms with Crippen molar-refractivity contribution in [2.75, 3.05) is 6.61 Å². The fourth-order valence-electron chi connectivity index (χ4n) is 5.64. The van der Waals surface area contributed by atoms with Gasteiger partial charge in [-0.25, -0.2) is 0 Å². The predicted octanol–water partition coefficient (Wildman–Crippen LogP) is 12.5. The molecule has 0 aliphatic rings. The van der Waals surface area contributed by atoms with E-state index in [-0.39, 0.29) is 11.4 Å². The van der Waals surface area contributed by atoms with Gasteiger partial charge in [-0.15, -0.1) is 0 Å². The Kier molecular flexibility index (Phi) is 28.1. The molecule has 0 heterocycles. The molecule has 0 saturated heterocycles. The number of hydrogen-bond donors (Lipinski definition) is 0. The summed E-state index contributed by atoms with van der Waals surface area (Å²) in [6.07, 6.45) is 36.9. The van der Waals surface area contributed by atoms with Crippen LogP contribution in [0.5, 0.6) is 0 Å². The molecule has 0 aromatic carbocycles. The lowest BCUT2D eigenvalue weighted by molar-refractivity contribution is -0.148. The van der Waals surface area contributed by atoms with Crippen molar-refractivity contribution < 1.29 is 9.53 Å². The molecule has 2 heteroatoms. The van der Waals surface area contributed by atoms with Gasteiger partial charge in [0.05, 0.1) is 6.61 Å². The van der Waals surface area contributed by atoms with Crippen LogP contribution in [0.2, 0.25) is 0 Å². The van der Waals surface area contributed by atoms with E-state index in [0.29, 0.717) is 13.0 Å². The molecule has 0 unspecified atom stereocenters. The first-order chi connectivity index (χ1) is 18.1. The second kappa shape index (κ2) is 28.5. The molecule has 0 amide bonds. The summed E-state index contributed by atoms with van der Waals surface area (Å²) in [5.41, 5.74) is 0.204. The Morgan fingerprint density at radius 1 is 0.459 bits per heavy atom. The minimum Gasteiger partial charge on any atom is -0.465 e. The average molecular weight is 523 g/mol. The Morgan fingerprint density at radius 2 is 0.784 bits per heavy atom. The monoisotopic (exact) mass is 523 g/mol. The standard InChI is InChI=1S/C35H70O2/c1-5-9-11-13-14-15-16-17-18-19-20-21-22-23-24-25-26-27-29-31-34(36)37-33-35(7-3,8-4)32-30-28-12-10-6-2/h5-33H2,1-4H3. The van der Waals surface area contributed by atoms with Crippen LogP contribution < -0.4 is 0 Å². The van der Waals surface area contributed by atoms with Crippen LogP contribution in [0.15, 0.2) is 0 Å². The first-order valence-corrected chi connectivity index (χ1v) is 17.3. The summed E-state index contributed by atoms with van der Waals surface area (Å²) in [7, 11) is 0. The lowest BCUT2D eigenvalue weighted by Crippen LogP contribution is -2.27. The quantitative estimate of drug-likeness (QED) is 0.0692. The fourth-order valence-corrected chi connectivity index (χ4v) is 5.64. The molecule has 0 spiro atoms. The van der Waals surface area contributed by atoms with E-state index in [1.165, 1.54) is 154 Å². The van der Waals surface area contributed by atoms with Crippen molar-refractivity contribution in [2.24, 2.45) is 5.41 Å². The van der Waals surface area contributed by atoms with Gasteiger partial charge in [0.1, 0.15) is 0 Å². The highest BCUT2D eigenvalue weighted by atomic mass is 16.5. The van der Waals surface area contributed by atoms with Crippen LogP contribution in [0.3, 0.4) is 0 Å². The zero-order valence-corrected chi connectivity index (χ0v) is 26.3. The van der Waals surface area contributed by atoms with E-state index in [2.05, 4.69) is 27.7 Å². The number of hydrogen-bond acceptors (Lipinski definition) is 2. The molecule has 0 radical (unpaired) electrons. The molecule has 0 aromatic rings. The zero-order chi connectivity index (χ0) is 27.3. The third-order valence-corrected chi connectivity index (χ3v) is 8.83. The molecule has 0 fully saturated rings. The summed E-state index contributed by atoms with van der Waals surface area (Å²) in [5.74, 6) is 0.0317. The van der Waals surface area contributed by atoms with Crippen molar-refractivity contribution in [2.45, 2.75) is 207 Å². The molecule has 0 rings (SSSR count). The van der Waals surface area contributed by atoms with E-state index < -0.39 is 0 Å². The van der Waals surface area contributed by atoms with E-state index in [1.54, 1.807) is 0 Å². The molecule has 222 valence electrons. The van der Waals surface area contributed by atoms with Crippen molar-refractivity contribution in [3.8, 4) is 0 Å². The fraction of sp³-hybridized carbons (Fsp3) is 0.971. The molecule has 0 aliphatic heterocycles. The molecular formula is C35H70O2. The van der Waals surface area contributed by atoms with Crippen LogP contribution in [-0.2, 0) is 9.53 Å². The van der Waals surface area contributed by atoms with Crippen LogP contribution in [-0.4, -0.2) is 12.6 Å². The largest absolute Gasteiger partial charge is 0.465 e. The maximum absolute atomic E-state index is 12.3. The second-order valence-electron chi connectivity index (χ2n) is 12.1. The summed E-state index contributed by atoms with van der Waals surface area (Å²) in [6.45, 7) is 9.72. The van der Waals surface area contributed by atoms with Gasteiger partial charge >= 0.3 is 5.97 Å². The van der Waals surface area contributed by atoms with Crippen molar-refractivity contribution in [3.05, 3.63) is 0 Å². The summed E-state index contributed by atoms with van der Waals surface area (Å²) < 4.78 is 5.77. The number of esters is 1. The van der Waals surface area contributed by atoms with Crippen molar-refractivity contribution >= 4 is 5.97 Å². The highest BCUT2D eigenvalue weighted by Gasteiger charge is 2.27. The normalized spacial score (nSPS) is 11.8. The zero-order valence-electron chi connectivity index (χ0n) is 26.3. The van der Waals surface area contributed by atoms with E-state index in [0.717, 1.165) is 19.3 Å². The number of ether oxygens (including phenoxy) is 1. The van der Waals surface area contributed by atoms with Crippen molar-refractivity contribution in [3.63, 3.8) is 0 Å². The number of carbonyl (C=O) groups excluding carboxylic acids is 1. The lowest BCUT2D eigenvalue weighted by atomic mass is 9.78. The van der Waals surface area contributed by atoms with Crippen LogP contribution in [0.1, 0.15) is 207 Å². The summed E-state index contributed by atoms with van der Waals surface area (Å²) in [5, 5.41) is 0. The van der Waals surface area contributed by atoms with Gasteiger partial charge in [0.2, 0.25) is 0 Å². The van der Waals surface area contributed by atoms with Gasteiger partial charge in [0.25, 0.3) is 0 Å². The molecule has 0 aliphatic carbocycles. The number of carbonyl (C=O) groups is 1. The van der Waals surface area contributed by atoms with Gasteiger partial charge in [-0.2, -0.15) is 0 Å². The topological polar surface area (TPSA) is 26.3 Å². The molecule has 37 heavy (non-hydrogen) atoms. The first kappa shape index (κ1) is 36.5. The minimum absolute atomic E-state index is 0.0317. The Bertz CT molecular complexity index is 454. The maximum Gasteiger partial charge on any atom is 0.305 e. The SMILES string of the molecule is CCCCCCCCCCCCCCCCCCCCCC(=O)OCC(CC)(CC)CCCCCCC. The highest BCUT2D eigenvalue weighted by molar-refractivity contribution is 5.69. The molecule has 2 nitrogen and oxygen atoms in total. The summed E-state index contributed by atoms with van der Waals surface area (Å²) in [6, 6.07) is 0. The van der Waals surface area contributed by atoms with Gasteiger partial charge in [-0.05, 0) is 25.7 Å². The van der Waals surface area contributed by atoms with Crippen LogP contribution in [0.4, 0.5) is 0 Å². The number of rotatable bonds is 30. The molecule has 0 atom stereocenters. The highest BCUT2D eigenvalue weighted by Crippen LogP contribution is 2.33. The third-order valence-electron chi connectivity index (χ3n) is 8.83. The molecule has 0 aromatic heterocycles. The van der Waals surface area contributed by atoms with Crippen LogP contribution in [0, 0.1) is 5.41 Å². The minimum atomic E-state index is 0.0317. The van der Waals surface area contributed by atoms with Gasteiger partial charge in [-0.1, -0.05) is 175 Å². The van der Waals surface area contributed by atoms with Gasteiger partial charge in [0.15, 0.2) is 0 Å². The van der Waals surface area contributed by atoms with E-state index in [4.69, 9.17) is 4.74 Å². The third kappa shape index (κ3) is 24.3. The Morgan fingerprint density at radius 3 is 1.14 bits per heavy atom. The van der Waals surface area contributed by atoms with Crippen LogP contribution >= 0.6 is 0 Å². The van der Waals surface area contributed by atoms with E-state index in [1.807, 2.05) is 0 Å². The molecular weight excluding hydrogens is 452 g/mol. The average Bonchev–Trinajstić information content (AvgIpc) is 2.91. The molecule has 0 saturated carbocycles.